The molecular weight excluding hydrogens is 279 g/mol. The Morgan fingerprint density at radius 3 is 2.58 bits per heavy atom. The van der Waals surface area contributed by atoms with Crippen molar-refractivity contribution in [3.05, 3.63) is 64.2 Å². The van der Waals surface area contributed by atoms with E-state index in [1.165, 1.54) is 0 Å². The van der Waals surface area contributed by atoms with Gasteiger partial charge in [-0.3, -0.25) is 0 Å². The summed E-state index contributed by atoms with van der Waals surface area (Å²) in [5, 5.41) is 0.637. The highest BCUT2D eigenvalue weighted by molar-refractivity contribution is 6.31. The molecule has 0 aromatic heterocycles. The van der Waals surface area contributed by atoms with Crippen LogP contribution in [0.1, 0.15) is 22.1 Å². The van der Waals surface area contributed by atoms with Crippen LogP contribution >= 0.6 is 23.2 Å². The molecule has 0 fully saturated rings. The fraction of sp³-hybridized carbons (Fsp3) is 0.250. The molecule has 3 heteroatoms. The van der Waals surface area contributed by atoms with Crippen molar-refractivity contribution in [2.45, 2.75) is 18.7 Å². The maximum atomic E-state index is 6.53. The summed E-state index contributed by atoms with van der Waals surface area (Å²) in [6.07, 6.45) is 0.715. The molecule has 0 saturated carbocycles. The van der Waals surface area contributed by atoms with Gasteiger partial charge in [0, 0.05) is 5.02 Å². The lowest BCUT2D eigenvalue weighted by Gasteiger charge is -2.15. The Balaban J connectivity index is 2.26. The molecule has 19 heavy (non-hydrogen) atoms. The highest BCUT2D eigenvalue weighted by Gasteiger charge is 2.15. The number of ether oxygens (including phenoxy) is 1. The van der Waals surface area contributed by atoms with Gasteiger partial charge in [0.2, 0.25) is 0 Å². The summed E-state index contributed by atoms with van der Waals surface area (Å²) in [4.78, 5) is 0. The number of methoxy groups -OCH3 is 1. The smallest absolute Gasteiger partial charge is 0.122 e. The summed E-state index contributed by atoms with van der Waals surface area (Å²) < 4.78 is 5.35. The van der Waals surface area contributed by atoms with Crippen LogP contribution in [0.15, 0.2) is 42.5 Å². The van der Waals surface area contributed by atoms with E-state index in [1.807, 2.05) is 49.4 Å². The zero-order valence-electron chi connectivity index (χ0n) is 11.0. The molecule has 2 aromatic carbocycles. The first kappa shape index (κ1) is 14.2. The minimum Gasteiger partial charge on any atom is -0.496 e. The van der Waals surface area contributed by atoms with Crippen LogP contribution in [0.25, 0.3) is 0 Å². The second-order valence-electron chi connectivity index (χ2n) is 4.44. The lowest BCUT2D eigenvalue weighted by Crippen LogP contribution is -2.00. The number of benzene rings is 2. The molecule has 0 aliphatic carbocycles. The average molecular weight is 295 g/mol. The first-order valence-corrected chi connectivity index (χ1v) is 6.96. The van der Waals surface area contributed by atoms with Crippen molar-refractivity contribution in [1.82, 2.24) is 0 Å². The Morgan fingerprint density at radius 1 is 1.11 bits per heavy atom. The van der Waals surface area contributed by atoms with Gasteiger partial charge in [-0.1, -0.05) is 41.9 Å². The van der Waals surface area contributed by atoms with Crippen LogP contribution in [-0.2, 0) is 6.42 Å². The van der Waals surface area contributed by atoms with E-state index in [0.717, 1.165) is 27.5 Å². The third kappa shape index (κ3) is 3.23. The van der Waals surface area contributed by atoms with Crippen molar-refractivity contribution in [1.29, 1.82) is 0 Å². The predicted molar refractivity (Wildman–Crippen MR) is 81.5 cm³/mol. The molecule has 0 spiro atoms. The van der Waals surface area contributed by atoms with Crippen LogP contribution in [0.5, 0.6) is 5.75 Å². The minimum absolute atomic E-state index is 0.116. The number of rotatable bonds is 4. The van der Waals surface area contributed by atoms with Gasteiger partial charge in [0.05, 0.1) is 12.5 Å². The SMILES string of the molecule is COc1ccccc1CC(Cl)c1cccc(Cl)c1C. The highest BCUT2D eigenvalue weighted by Crippen LogP contribution is 2.33. The standard InChI is InChI=1S/C16H16Cl2O/c1-11-13(7-5-8-14(11)17)15(18)10-12-6-3-4-9-16(12)19-2/h3-9,15H,10H2,1-2H3. The second-order valence-corrected chi connectivity index (χ2v) is 5.37. The van der Waals surface area contributed by atoms with E-state index in [9.17, 15) is 0 Å². The minimum atomic E-state index is -0.116. The number of halogens is 2. The molecule has 0 N–H and O–H groups in total. The lowest BCUT2D eigenvalue weighted by atomic mass is 9.99. The molecule has 0 heterocycles. The van der Waals surface area contributed by atoms with E-state index in [4.69, 9.17) is 27.9 Å². The molecule has 0 amide bonds. The van der Waals surface area contributed by atoms with Gasteiger partial charge in [0.15, 0.2) is 0 Å². The van der Waals surface area contributed by atoms with E-state index >= 15 is 0 Å². The largest absolute Gasteiger partial charge is 0.496 e. The summed E-state index contributed by atoms with van der Waals surface area (Å²) >= 11 is 12.7. The summed E-state index contributed by atoms with van der Waals surface area (Å²) in [5.74, 6) is 0.868. The molecule has 0 aliphatic heterocycles. The van der Waals surface area contributed by atoms with E-state index in [1.54, 1.807) is 7.11 Å². The van der Waals surface area contributed by atoms with Crippen molar-refractivity contribution >= 4 is 23.2 Å². The van der Waals surface area contributed by atoms with Crippen LogP contribution in [0.2, 0.25) is 5.02 Å². The van der Waals surface area contributed by atoms with Gasteiger partial charge < -0.3 is 4.74 Å². The van der Waals surface area contributed by atoms with Crippen LogP contribution in [0.3, 0.4) is 0 Å². The Hall–Kier alpha value is -1.18. The number of hydrogen-bond acceptors (Lipinski definition) is 1. The molecule has 0 saturated heterocycles. The van der Waals surface area contributed by atoms with Crippen molar-refractivity contribution < 1.29 is 4.74 Å². The normalized spacial score (nSPS) is 12.2. The molecule has 0 bridgehead atoms. The Bertz CT molecular complexity index is 566. The van der Waals surface area contributed by atoms with Gasteiger partial charge in [-0.2, -0.15) is 0 Å². The average Bonchev–Trinajstić information content (AvgIpc) is 2.42. The quantitative estimate of drug-likeness (QED) is 0.706. The summed E-state index contributed by atoms with van der Waals surface area (Å²) in [6.45, 7) is 2.00. The van der Waals surface area contributed by atoms with Crippen molar-refractivity contribution in [3.8, 4) is 5.75 Å². The summed E-state index contributed by atoms with van der Waals surface area (Å²) in [7, 11) is 1.67. The summed E-state index contributed by atoms with van der Waals surface area (Å²) in [5.41, 5.74) is 3.21. The van der Waals surface area contributed by atoms with E-state index in [-0.39, 0.29) is 5.38 Å². The lowest BCUT2D eigenvalue weighted by molar-refractivity contribution is 0.409. The molecule has 100 valence electrons. The van der Waals surface area contributed by atoms with Crippen LogP contribution in [0.4, 0.5) is 0 Å². The molecule has 1 nitrogen and oxygen atoms in total. The van der Waals surface area contributed by atoms with Gasteiger partial charge in [-0.05, 0) is 42.2 Å². The van der Waals surface area contributed by atoms with Gasteiger partial charge in [-0.15, -0.1) is 11.6 Å². The van der Waals surface area contributed by atoms with Crippen LogP contribution in [-0.4, -0.2) is 7.11 Å². The maximum Gasteiger partial charge on any atom is 0.122 e. The number of para-hydroxylation sites is 1. The zero-order chi connectivity index (χ0) is 13.8. The Labute approximate surface area is 124 Å². The molecule has 0 radical (unpaired) electrons. The first-order valence-electron chi connectivity index (χ1n) is 6.14. The Morgan fingerprint density at radius 2 is 1.84 bits per heavy atom. The third-order valence-electron chi connectivity index (χ3n) is 3.24. The van der Waals surface area contributed by atoms with Crippen molar-refractivity contribution in [2.24, 2.45) is 0 Å². The van der Waals surface area contributed by atoms with Crippen LogP contribution in [0, 0.1) is 6.92 Å². The van der Waals surface area contributed by atoms with Gasteiger partial charge >= 0.3 is 0 Å². The Kier molecular flexibility index (Phi) is 4.73. The van der Waals surface area contributed by atoms with Crippen LogP contribution < -0.4 is 4.74 Å². The molecule has 1 atom stereocenters. The maximum absolute atomic E-state index is 6.53. The number of alkyl halides is 1. The fourth-order valence-corrected chi connectivity index (χ4v) is 2.72. The molecule has 2 aromatic rings. The summed E-state index contributed by atoms with van der Waals surface area (Å²) in [6, 6.07) is 13.8. The van der Waals surface area contributed by atoms with Gasteiger partial charge in [0.25, 0.3) is 0 Å². The predicted octanol–water partition coefficient (Wildman–Crippen LogP) is 5.18. The molecule has 1 unspecified atom stereocenters. The van der Waals surface area contributed by atoms with E-state index in [2.05, 4.69) is 0 Å². The third-order valence-corrected chi connectivity index (χ3v) is 4.04. The highest BCUT2D eigenvalue weighted by atomic mass is 35.5. The monoisotopic (exact) mass is 294 g/mol. The second kappa shape index (κ2) is 6.31. The van der Waals surface area contributed by atoms with Crippen molar-refractivity contribution in [2.75, 3.05) is 7.11 Å². The van der Waals surface area contributed by atoms with Gasteiger partial charge in [0.1, 0.15) is 5.75 Å². The molecule has 2 rings (SSSR count). The topological polar surface area (TPSA) is 9.23 Å². The first-order chi connectivity index (χ1) is 9.13. The van der Waals surface area contributed by atoms with Crippen molar-refractivity contribution in [3.63, 3.8) is 0 Å². The molecular formula is C16H16Cl2O. The number of hydrogen-bond donors (Lipinski definition) is 0. The molecule has 0 aliphatic rings. The van der Waals surface area contributed by atoms with E-state index < -0.39 is 0 Å². The van der Waals surface area contributed by atoms with Gasteiger partial charge in [-0.25, -0.2) is 0 Å². The van der Waals surface area contributed by atoms with E-state index in [0.29, 0.717) is 6.42 Å². The zero-order valence-corrected chi connectivity index (χ0v) is 12.5. The fourth-order valence-electron chi connectivity index (χ4n) is 2.14.